The van der Waals surface area contributed by atoms with Gasteiger partial charge in [-0.3, -0.25) is 9.11 Å². The summed E-state index contributed by atoms with van der Waals surface area (Å²) in [4.78, 5) is 0. The predicted molar refractivity (Wildman–Crippen MR) is 77.1 cm³/mol. The zero-order valence-electron chi connectivity index (χ0n) is 11.2. The van der Waals surface area contributed by atoms with E-state index in [0.29, 0.717) is 6.42 Å². The Labute approximate surface area is 125 Å². The number of rotatable bonds is 2. The Morgan fingerprint density at radius 1 is 1.09 bits per heavy atom. The molecule has 1 aliphatic heterocycles. The third kappa shape index (κ3) is 2.27. The maximum atomic E-state index is 13.3. The molecule has 6 nitrogen and oxygen atoms in total. The summed E-state index contributed by atoms with van der Waals surface area (Å²) in [5, 5.41) is 19.9. The molecule has 0 unspecified atom stereocenters. The van der Waals surface area contributed by atoms with Crippen LogP contribution in [0, 0.1) is 11.6 Å². The fourth-order valence-electron chi connectivity index (χ4n) is 2.30. The van der Waals surface area contributed by atoms with Gasteiger partial charge < -0.3 is 14.6 Å². The molecule has 22 heavy (non-hydrogen) atoms. The third-order valence-corrected chi connectivity index (χ3v) is 5.27. The molecule has 1 aromatic carbocycles. The Kier molecular flexibility index (Phi) is 3.42. The molecule has 0 aliphatic carbocycles. The van der Waals surface area contributed by atoms with Crippen LogP contribution in [0.3, 0.4) is 0 Å². The van der Waals surface area contributed by atoms with Crippen LogP contribution >= 0.6 is 10.8 Å². The van der Waals surface area contributed by atoms with Crippen molar-refractivity contribution >= 4 is 16.7 Å². The molecule has 1 saturated heterocycles. The number of hydrogen-bond donors (Lipinski definition) is 4. The summed E-state index contributed by atoms with van der Waals surface area (Å²) in [6.45, 7) is 0.222. The average Bonchev–Trinajstić information content (AvgIpc) is 2.94. The second-order valence-corrected chi connectivity index (χ2v) is 6.97. The summed E-state index contributed by atoms with van der Waals surface area (Å²) in [5.41, 5.74) is 0.00799. The molecule has 1 fully saturated rings. The van der Waals surface area contributed by atoms with Crippen LogP contribution in [0.25, 0.3) is 11.3 Å². The average molecular weight is 333 g/mol. The van der Waals surface area contributed by atoms with Gasteiger partial charge in [-0.1, -0.05) is 0 Å². The molecule has 9 heteroatoms. The van der Waals surface area contributed by atoms with Crippen molar-refractivity contribution < 1.29 is 32.5 Å². The van der Waals surface area contributed by atoms with Gasteiger partial charge in [0.1, 0.15) is 0 Å². The summed E-state index contributed by atoms with van der Waals surface area (Å²) < 4.78 is 52.4. The standard InChI is InChI=1S/C13H13F2NO5S/c14-8-3-2-7(6-9(8)15)12-10(17)11(18)13(21-12)16-4-1-5-22(16,19)20/h2-3,6,17-20H,1,4-5H2. The van der Waals surface area contributed by atoms with Crippen LogP contribution in [0.2, 0.25) is 0 Å². The lowest BCUT2D eigenvalue weighted by Crippen LogP contribution is -2.21. The van der Waals surface area contributed by atoms with Gasteiger partial charge in [0, 0.05) is 12.1 Å². The first-order chi connectivity index (χ1) is 10.3. The van der Waals surface area contributed by atoms with Gasteiger partial charge in [0.25, 0.3) is 5.88 Å². The molecular weight excluding hydrogens is 320 g/mol. The van der Waals surface area contributed by atoms with Gasteiger partial charge in [0.15, 0.2) is 17.4 Å². The van der Waals surface area contributed by atoms with E-state index in [1.54, 1.807) is 0 Å². The first-order valence-corrected chi connectivity index (χ1v) is 8.02. The Bertz CT molecular complexity index is 733. The number of anilines is 1. The molecule has 0 saturated carbocycles. The molecule has 0 radical (unpaired) electrons. The summed E-state index contributed by atoms with van der Waals surface area (Å²) in [6.07, 6.45) is 0.476. The van der Waals surface area contributed by atoms with Crippen molar-refractivity contribution in [3.63, 3.8) is 0 Å². The summed E-state index contributed by atoms with van der Waals surface area (Å²) in [5.74, 6) is -4.03. The van der Waals surface area contributed by atoms with Crippen molar-refractivity contribution in [3.8, 4) is 22.8 Å². The minimum absolute atomic E-state index is 0.00799. The highest BCUT2D eigenvalue weighted by atomic mass is 32.3. The van der Waals surface area contributed by atoms with E-state index >= 15 is 0 Å². The summed E-state index contributed by atoms with van der Waals surface area (Å²) in [7, 11) is -3.13. The van der Waals surface area contributed by atoms with Gasteiger partial charge in [0.2, 0.25) is 11.5 Å². The van der Waals surface area contributed by atoms with Crippen LogP contribution in [-0.2, 0) is 0 Å². The van der Waals surface area contributed by atoms with E-state index in [4.69, 9.17) is 4.42 Å². The molecule has 0 spiro atoms. The molecule has 3 rings (SSSR count). The number of benzene rings is 1. The number of aromatic hydroxyl groups is 2. The van der Waals surface area contributed by atoms with Crippen molar-refractivity contribution in [1.29, 1.82) is 0 Å². The molecule has 120 valence electrons. The molecule has 0 atom stereocenters. The second-order valence-electron chi connectivity index (χ2n) is 4.85. The van der Waals surface area contributed by atoms with Crippen molar-refractivity contribution in [2.75, 3.05) is 16.6 Å². The number of nitrogens with zero attached hydrogens (tertiary/aromatic N) is 1. The smallest absolute Gasteiger partial charge is 0.261 e. The molecule has 2 heterocycles. The van der Waals surface area contributed by atoms with E-state index in [9.17, 15) is 28.1 Å². The highest BCUT2D eigenvalue weighted by Crippen LogP contribution is 2.57. The number of hydrogen-bond acceptors (Lipinski definition) is 6. The van der Waals surface area contributed by atoms with E-state index in [0.717, 1.165) is 16.4 Å². The minimum atomic E-state index is -3.13. The zero-order valence-corrected chi connectivity index (χ0v) is 12.0. The Morgan fingerprint density at radius 2 is 1.82 bits per heavy atom. The van der Waals surface area contributed by atoms with Gasteiger partial charge in [-0.2, -0.15) is 0 Å². The van der Waals surface area contributed by atoms with Crippen molar-refractivity contribution in [2.24, 2.45) is 0 Å². The lowest BCUT2D eigenvalue weighted by atomic mass is 10.1. The maximum Gasteiger partial charge on any atom is 0.261 e. The van der Waals surface area contributed by atoms with Crippen LogP contribution in [-0.4, -0.2) is 31.6 Å². The van der Waals surface area contributed by atoms with Crippen LogP contribution in [0.1, 0.15) is 6.42 Å². The normalized spacial score (nSPS) is 18.6. The number of halogens is 2. The predicted octanol–water partition coefficient (Wildman–Crippen LogP) is 3.51. The topological polar surface area (TPSA) is 97.3 Å². The van der Waals surface area contributed by atoms with Gasteiger partial charge in [0.05, 0.1) is 5.75 Å². The Hall–Kier alpha value is -1.97. The van der Waals surface area contributed by atoms with Crippen molar-refractivity contribution in [2.45, 2.75) is 6.42 Å². The van der Waals surface area contributed by atoms with Gasteiger partial charge in [-0.25, -0.2) is 13.1 Å². The summed E-state index contributed by atoms with van der Waals surface area (Å²) in [6, 6.07) is 2.83. The SMILES string of the molecule is Oc1c(-c2ccc(F)c(F)c2)oc(N2CCCS2(O)O)c1O. The van der Waals surface area contributed by atoms with E-state index in [2.05, 4.69) is 0 Å². The van der Waals surface area contributed by atoms with Crippen LogP contribution in [0.4, 0.5) is 14.7 Å². The lowest BCUT2D eigenvalue weighted by molar-refractivity contribution is 0.409. The molecule has 2 aromatic rings. The first-order valence-electron chi connectivity index (χ1n) is 6.35. The van der Waals surface area contributed by atoms with Crippen LogP contribution in [0.5, 0.6) is 11.5 Å². The minimum Gasteiger partial charge on any atom is -0.502 e. The van der Waals surface area contributed by atoms with E-state index in [1.165, 1.54) is 6.07 Å². The fourth-order valence-corrected chi connectivity index (χ4v) is 3.84. The third-order valence-electron chi connectivity index (χ3n) is 3.38. The quantitative estimate of drug-likeness (QED) is 0.671. The van der Waals surface area contributed by atoms with Crippen LogP contribution in [0.15, 0.2) is 22.6 Å². The van der Waals surface area contributed by atoms with Crippen molar-refractivity contribution in [3.05, 3.63) is 29.8 Å². The highest BCUT2D eigenvalue weighted by Gasteiger charge is 2.36. The monoisotopic (exact) mass is 333 g/mol. The molecule has 0 amide bonds. The highest BCUT2D eigenvalue weighted by molar-refractivity contribution is 8.25. The first kappa shape index (κ1) is 14.9. The Morgan fingerprint density at radius 3 is 2.41 bits per heavy atom. The van der Waals surface area contributed by atoms with Crippen LogP contribution < -0.4 is 4.31 Å². The lowest BCUT2D eigenvalue weighted by Gasteiger charge is -2.35. The van der Waals surface area contributed by atoms with E-state index < -0.39 is 33.9 Å². The molecule has 1 aromatic heterocycles. The fraction of sp³-hybridized carbons (Fsp3) is 0.231. The Balaban J connectivity index is 2.08. The number of furan rings is 1. The van der Waals surface area contributed by atoms with Crippen molar-refractivity contribution in [1.82, 2.24) is 0 Å². The van der Waals surface area contributed by atoms with Gasteiger partial charge >= 0.3 is 0 Å². The molecule has 1 aliphatic rings. The second kappa shape index (κ2) is 5.04. The van der Waals surface area contributed by atoms with E-state index in [1.807, 2.05) is 0 Å². The zero-order chi connectivity index (χ0) is 16.1. The maximum absolute atomic E-state index is 13.3. The largest absolute Gasteiger partial charge is 0.502 e. The molecule has 0 bridgehead atoms. The van der Waals surface area contributed by atoms with E-state index in [-0.39, 0.29) is 29.5 Å². The van der Waals surface area contributed by atoms with Gasteiger partial charge in [-0.15, -0.1) is 10.8 Å². The van der Waals surface area contributed by atoms with Gasteiger partial charge in [-0.05, 0) is 24.6 Å². The molecule has 4 N–H and O–H groups in total. The molecular formula is C13H13F2NO5S. The summed E-state index contributed by atoms with van der Waals surface area (Å²) >= 11 is 0.